The molecular formula is C14H19NO3. The lowest BCUT2D eigenvalue weighted by Gasteiger charge is -2.10. The molecule has 2 aliphatic carbocycles. The minimum Gasteiger partial charge on any atom is -0.460 e. The quantitative estimate of drug-likeness (QED) is 0.594. The van der Waals surface area contributed by atoms with Crippen LogP contribution in [0.25, 0.3) is 0 Å². The van der Waals surface area contributed by atoms with E-state index in [2.05, 4.69) is 5.32 Å². The monoisotopic (exact) mass is 249 g/mol. The Labute approximate surface area is 107 Å². The first-order valence-corrected chi connectivity index (χ1v) is 6.90. The highest BCUT2D eigenvalue weighted by molar-refractivity contribution is 5.83. The minimum absolute atomic E-state index is 0.0140. The van der Waals surface area contributed by atoms with Gasteiger partial charge in [0.1, 0.15) is 6.61 Å². The Bertz CT molecular complexity index is 380. The van der Waals surface area contributed by atoms with E-state index in [0.717, 1.165) is 6.42 Å². The van der Waals surface area contributed by atoms with Crippen molar-refractivity contribution in [1.29, 1.82) is 0 Å². The number of carbonyl (C=O) groups is 2. The Morgan fingerprint density at radius 2 is 1.89 bits per heavy atom. The van der Waals surface area contributed by atoms with Crippen LogP contribution in [-0.2, 0) is 14.3 Å². The maximum Gasteiger partial charge on any atom is 0.330 e. The second kappa shape index (κ2) is 4.75. The Morgan fingerprint density at radius 3 is 2.39 bits per heavy atom. The summed E-state index contributed by atoms with van der Waals surface area (Å²) in [6.45, 7) is 0.309. The van der Waals surface area contributed by atoms with Crippen LogP contribution in [0.1, 0.15) is 38.5 Å². The van der Waals surface area contributed by atoms with Gasteiger partial charge in [-0.25, -0.2) is 4.79 Å². The maximum atomic E-state index is 11.7. The fourth-order valence-electron chi connectivity index (χ4n) is 2.57. The molecule has 0 spiro atoms. The molecule has 1 amide bonds. The van der Waals surface area contributed by atoms with Gasteiger partial charge in [0.25, 0.3) is 0 Å². The number of allylic oxidation sites excluding steroid dienone is 1. The van der Waals surface area contributed by atoms with Gasteiger partial charge in [-0.3, -0.25) is 4.79 Å². The zero-order valence-electron chi connectivity index (χ0n) is 10.5. The van der Waals surface area contributed by atoms with Gasteiger partial charge in [-0.1, -0.05) is 5.57 Å². The number of carbonyl (C=O) groups excluding carboxylic acids is 2. The molecule has 1 N–H and O–H groups in total. The molecule has 0 aromatic carbocycles. The summed E-state index contributed by atoms with van der Waals surface area (Å²) in [7, 11) is 0. The lowest BCUT2D eigenvalue weighted by atomic mass is 10.1. The lowest BCUT2D eigenvalue weighted by Crippen LogP contribution is -2.30. The van der Waals surface area contributed by atoms with Gasteiger partial charge in [0.2, 0.25) is 5.91 Å². The third-order valence-corrected chi connectivity index (χ3v) is 3.89. The first kappa shape index (κ1) is 11.8. The van der Waals surface area contributed by atoms with Crippen molar-refractivity contribution in [2.75, 3.05) is 6.61 Å². The average Bonchev–Trinajstić information content (AvgIpc) is 3.23. The highest BCUT2D eigenvalue weighted by Gasteiger charge is 2.36. The van der Waals surface area contributed by atoms with Gasteiger partial charge in [0.15, 0.2) is 0 Å². The molecule has 3 fully saturated rings. The normalized spacial score (nSPS) is 26.7. The maximum absolute atomic E-state index is 11.7. The first-order valence-electron chi connectivity index (χ1n) is 6.90. The fourth-order valence-corrected chi connectivity index (χ4v) is 2.57. The zero-order valence-corrected chi connectivity index (χ0v) is 10.5. The van der Waals surface area contributed by atoms with E-state index in [4.69, 9.17) is 4.74 Å². The number of hydrogen-bond acceptors (Lipinski definition) is 3. The van der Waals surface area contributed by atoms with Gasteiger partial charge in [-0.15, -0.1) is 0 Å². The molecule has 0 aromatic rings. The molecule has 3 rings (SSSR count). The van der Waals surface area contributed by atoms with Gasteiger partial charge in [-0.05, 0) is 43.9 Å². The molecule has 1 saturated heterocycles. The predicted molar refractivity (Wildman–Crippen MR) is 65.7 cm³/mol. The third-order valence-electron chi connectivity index (χ3n) is 3.89. The largest absolute Gasteiger partial charge is 0.460 e. The molecule has 4 nitrogen and oxygen atoms in total. The molecule has 1 aliphatic heterocycles. The van der Waals surface area contributed by atoms with E-state index < -0.39 is 0 Å². The SMILES string of the molecule is O=C1CC[C@H](COC(=O)C=C(C2CC2)C2CC2)N1. The number of nitrogens with one attached hydrogen (secondary N) is 1. The molecule has 18 heavy (non-hydrogen) atoms. The number of amides is 1. The van der Waals surface area contributed by atoms with Crippen LogP contribution in [0.3, 0.4) is 0 Å². The third kappa shape index (κ3) is 2.92. The van der Waals surface area contributed by atoms with Gasteiger partial charge in [0.05, 0.1) is 6.04 Å². The number of ether oxygens (including phenoxy) is 1. The standard InChI is InChI=1S/C14H19NO3/c16-13-6-5-11(15-13)8-18-14(17)7-12(9-1-2-9)10-3-4-10/h7,9-11H,1-6,8H2,(H,15,16)/t11-/m1/s1. The van der Waals surface area contributed by atoms with E-state index in [1.54, 1.807) is 6.08 Å². The number of hydrogen-bond donors (Lipinski definition) is 1. The summed E-state index contributed by atoms with van der Waals surface area (Å²) in [6.07, 6.45) is 7.96. The van der Waals surface area contributed by atoms with Crippen LogP contribution >= 0.6 is 0 Å². The molecule has 0 bridgehead atoms. The van der Waals surface area contributed by atoms with E-state index in [-0.39, 0.29) is 17.9 Å². The van der Waals surface area contributed by atoms with Crippen molar-refractivity contribution in [3.8, 4) is 0 Å². The highest BCUT2D eigenvalue weighted by Crippen LogP contribution is 2.48. The van der Waals surface area contributed by atoms with Crippen molar-refractivity contribution in [2.24, 2.45) is 11.8 Å². The summed E-state index contributed by atoms with van der Waals surface area (Å²) in [5, 5.41) is 2.80. The van der Waals surface area contributed by atoms with Crippen LogP contribution in [0.15, 0.2) is 11.6 Å². The summed E-state index contributed by atoms with van der Waals surface area (Å²) in [5.74, 6) is 1.13. The molecule has 0 radical (unpaired) electrons. The van der Waals surface area contributed by atoms with Crippen LogP contribution in [0, 0.1) is 11.8 Å². The summed E-state index contributed by atoms with van der Waals surface area (Å²) < 4.78 is 5.23. The molecule has 2 saturated carbocycles. The van der Waals surface area contributed by atoms with Crippen molar-refractivity contribution in [1.82, 2.24) is 5.32 Å². The first-order chi connectivity index (χ1) is 8.72. The number of rotatable bonds is 5. The second-order valence-corrected chi connectivity index (χ2v) is 5.63. The van der Waals surface area contributed by atoms with E-state index in [0.29, 0.717) is 24.9 Å². The Kier molecular flexibility index (Phi) is 3.10. The molecule has 98 valence electrons. The minimum atomic E-state index is -0.232. The molecular weight excluding hydrogens is 230 g/mol. The van der Waals surface area contributed by atoms with Gasteiger partial charge in [0, 0.05) is 12.5 Å². The van der Waals surface area contributed by atoms with Crippen LogP contribution in [-0.4, -0.2) is 24.5 Å². The van der Waals surface area contributed by atoms with Crippen molar-refractivity contribution in [2.45, 2.75) is 44.6 Å². The molecule has 4 heteroatoms. The fraction of sp³-hybridized carbons (Fsp3) is 0.714. The molecule has 1 atom stereocenters. The Morgan fingerprint density at radius 1 is 1.22 bits per heavy atom. The molecule has 1 heterocycles. The smallest absolute Gasteiger partial charge is 0.330 e. The van der Waals surface area contributed by atoms with Crippen molar-refractivity contribution < 1.29 is 14.3 Å². The van der Waals surface area contributed by atoms with E-state index >= 15 is 0 Å². The molecule has 0 unspecified atom stereocenters. The van der Waals surface area contributed by atoms with Gasteiger partial charge in [-0.2, -0.15) is 0 Å². The van der Waals surface area contributed by atoms with E-state index in [1.165, 1.54) is 31.3 Å². The summed E-state index contributed by atoms with van der Waals surface area (Å²) in [5.41, 5.74) is 1.32. The zero-order chi connectivity index (χ0) is 12.5. The predicted octanol–water partition coefficient (Wildman–Crippen LogP) is 1.55. The number of esters is 1. The van der Waals surface area contributed by atoms with Crippen molar-refractivity contribution in [3.63, 3.8) is 0 Å². The lowest BCUT2D eigenvalue weighted by molar-refractivity contribution is -0.138. The second-order valence-electron chi connectivity index (χ2n) is 5.63. The van der Waals surface area contributed by atoms with Crippen molar-refractivity contribution >= 4 is 11.9 Å². The Balaban J connectivity index is 1.48. The van der Waals surface area contributed by atoms with Crippen LogP contribution < -0.4 is 5.32 Å². The van der Waals surface area contributed by atoms with Gasteiger partial charge < -0.3 is 10.1 Å². The van der Waals surface area contributed by atoms with Crippen molar-refractivity contribution in [3.05, 3.63) is 11.6 Å². The van der Waals surface area contributed by atoms with Crippen LogP contribution in [0.5, 0.6) is 0 Å². The average molecular weight is 249 g/mol. The van der Waals surface area contributed by atoms with Gasteiger partial charge >= 0.3 is 5.97 Å². The Hall–Kier alpha value is -1.32. The topological polar surface area (TPSA) is 55.4 Å². The van der Waals surface area contributed by atoms with E-state index in [9.17, 15) is 9.59 Å². The molecule has 3 aliphatic rings. The van der Waals surface area contributed by atoms with Crippen LogP contribution in [0.4, 0.5) is 0 Å². The van der Waals surface area contributed by atoms with Crippen LogP contribution in [0.2, 0.25) is 0 Å². The van der Waals surface area contributed by atoms with E-state index in [1.807, 2.05) is 0 Å². The summed E-state index contributed by atoms with van der Waals surface area (Å²) in [6, 6.07) is 0.0140. The summed E-state index contributed by atoms with van der Waals surface area (Å²) in [4.78, 5) is 22.8. The molecule has 0 aromatic heterocycles. The summed E-state index contributed by atoms with van der Waals surface area (Å²) >= 11 is 0. The highest BCUT2D eigenvalue weighted by atomic mass is 16.5.